The Morgan fingerprint density at radius 1 is 1.59 bits per heavy atom. The average molecular weight is 303 g/mol. The Bertz CT molecular complexity index is 750. The van der Waals surface area contributed by atoms with Crippen molar-refractivity contribution in [3.63, 3.8) is 0 Å². The van der Waals surface area contributed by atoms with Gasteiger partial charge >= 0.3 is 0 Å². The maximum absolute atomic E-state index is 12.2. The number of nitrogens with zero attached hydrogens (tertiary/aromatic N) is 3. The molecule has 0 fully saturated rings. The molecule has 1 amide bonds. The number of aromatic nitrogens is 3. The second kappa shape index (κ2) is 4.65. The molecule has 3 N–H and O–H groups in total. The van der Waals surface area contributed by atoms with Crippen LogP contribution in [0.2, 0.25) is 0 Å². The maximum Gasteiger partial charge on any atom is 0.254 e. The highest BCUT2D eigenvalue weighted by atomic mass is 16.5. The van der Waals surface area contributed by atoms with Crippen LogP contribution in [0.15, 0.2) is 10.8 Å². The molecule has 0 saturated carbocycles. The van der Waals surface area contributed by atoms with Crippen molar-refractivity contribution in [3.8, 4) is 11.4 Å². The molecule has 2 aliphatic heterocycles. The van der Waals surface area contributed by atoms with Gasteiger partial charge < -0.3 is 20.3 Å². The van der Waals surface area contributed by atoms with Gasteiger partial charge in [0.15, 0.2) is 5.60 Å². The van der Waals surface area contributed by atoms with Crippen LogP contribution in [0.3, 0.4) is 0 Å². The number of carbonyl (C=O) groups excluding carboxylic acids is 1. The first-order chi connectivity index (χ1) is 10.6. The van der Waals surface area contributed by atoms with Crippen LogP contribution < -0.4 is 10.6 Å². The molecule has 0 spiro atoms. The Labute approximate surface area is 126 Å². The van der Waals surface area contributed by atoms with Crippen molar-refractivity contribution in [1.29, 1.82) is 0 Å². The Morgan fingerprint density at radius 3 is 3.27 bits per heavy atom. The molecular weight excluding hydrogens is 286 g/mol. The molecule has 2 aromatic heterocycles. The summed E-state index contributed by atoms with van der Waals surface area (Å²) in [5.41, 5.74) is 2.72. The van der Waals surface area contributed by atoms with E-state index in [9.17, 15) is 9.90 Å². The van der Waals surface area contributed by atoms with Gasteiger partial charge in [-0.3, -0.25) is 9.48 Å². The third-order valence-corrected chi connectivity index (χ3v) is 4.39. The summed E-state index contributed by atoms with van der Waals surface area (Å²) in [6.07, 6.45) is 2.46. The Kier molecular flexibility index (Phi) is 2.85. The van der Waals surface area contributed by atoms with Gasteiger partial charge in [-0.2, -0.15) is 5.10 Å². The first-order valence-electron chi connectivity index (χ1n) is 7.30. The number of aliphatic hydroxyl groups is 1. The standard InChI is InChI=1S/C14H17N5O3/c1-15-13(20)14(21)4-8-6-22-18-11(8)12-9-5-16-3-2-10(9)17-19(12)7-14/h6,16,21H,2-5,7H2,1H3,(H,15,20). The summed E-state index contributed by atoms with van der Waals surface area (Å²) in [6.45, 7) is 1.68. The second-order valence-corrected chi connectivity index (χ2v) is 5.83. The normalized spacial score (nSPS) is 23.2. The SMILES string of the molecule is CNC(=O)C1(O)Cc2conc2-c2c3c(nn2C1)CCNC3. The minimum atomic E-state index is -1.57. The average Bonchev–Trinajstić information content (AvgIpc) is 3.07. The zero-order valence-electron chi connectivity index (χ0n) is 12.2. The molecule has 2 aromatic rings. The van der Waals surface area contributed by atoms with Gasteiger partial charge in [-0.05, 0) is 0 Å². The summed E-state index contributed by atoms with van der Waals surface area (Å²) in [5.74, 6) is -0.431. The van der Waals surface area contributed by atoms with Gasteiger partial charge in [-0.15, -0.1) is 0 Å². The van der Waals surface area contributed by atoms with E-state index in [1.807, 2.05) is 0 Å². The van der Waals surface area contributed by atoms with Crippen molar-refractivity contribution in [2.24, 2.45) is 0 Å². The van der Waals surface area contributed by atoms with E-state index in [4.69, 9.17) is 4.52 Å². The van der Waals surface area contributed by atoms with Crippen molar-refractivity contribution in [3.05, 3.63) is 23.1 Å². The molecule has 1 unspecified atom stereocenters. The van der Waals surface area contributed by atoms with Gasteiger partial charge in [0.2, 0.25) is 0 Å². The van der Waals surface area contributed by atoms with E-state index < -0.39 is 11.5 Å². The molecule has 0 bridgehead atoms. The molecule has 0 aromatic carbocycles. The molecule has 4 heterocycles. The highest BCUT2D eigenvalue weighted by molar-refractivity contribution is 5.86. The Morgan fingerprint density at radius 2 is 2.45 bits per heavy atom. The number of hydrogen-bond acceptors (Lipinski definition) is 6. The minimum Gasteiger partial charge on any atom is -0.378 e. The van der Waals surface area contributed by atoms with E-state index in [0.717, 1.165) is 35.5 Å². The van der Waals surface area contributed by atoms with Crippen LogP contribution in [-0.4, -0.2) is 45.1 Å². The molecule has 116 valence electrons. The first-order valence-corrected chi connectivity index (χ1v) is 7.30. The monoisotopic (exact) mass is 303 g/mol. The summed E-state index contributed by atoms with van der Waals surface area (Å²) in [5, 5.41) is 25.4. The lowest BCUT2D eigenvalue weighted by Gasteiger charge is -2.24. The zero-order chi connectivity index (χ0) is 15.3. The van der Waals surface area contributed by atoms with E-state index in [0.29, 0.717) is 12.2 Å². The fraction of sp³-hybridized carbons (Fsp3) is 0.500. The highest BCUT2D eigenvalue weighted by Gasteiger charge is 2.42. The lowest BCUT2D eigenvalue weighted by molar-refractivity contribution is -0.140. The van der Waals surface area contributed by atoms with Crippen LogP contribution in [0.25, 0.3) is 11.4 Å². The molecule has 8 nitrogen and oxygen atoms in total. The zero-order valence-corrected chi connectivity index (χ0v) is 12.2. The van der Waals surface area contributed by atoms with E-state index in [1.54, 1.807) is 4.68 Å². The molecular formula is C14H17N5O3. The van der Waals surface area contributed by atoms with Crippen molar-refractivity contribution in [1.82, 2.24) is 25.6 Å². The quantitative estimate of drug-likeness (QED) is 0.638. The van der Waals surface area contributed by atoms with Crippen LogP contribution in [0.1, 0.15) is 16.8 Å². The van der Waals surface area contributed by atoms with E-state index in [-0.39, 0.29) is 13.0 Å². The summed E-state index contributed by atoms with van der Waals surface area (Å²) >= 11 is 0. The number of fused-ring (bicyclic) bond motifs is 5. The number of nitrogens with one attached hydrogen (secondary N) is 2. The number of carbonyl (C=O) groups is 1. The van der Waals surface area contributed by atoms with E-state index >= 15 is 0 Å². The molecule has 2 aliphatic rings. The van der Waals surface area contributed by atoms with Crippen LogP contribution >= 0.6 is 0 Å². The maximum atomic E-state index is 12.2. The largest absolute Gasteiger partial charge is 0.378 e. The fourth-order valence-electron chi connectivity index (χ4n) is 3.32. The number of hydrogen-bond donors (Lipinski definition) is 3. The third-order valence-electron chi connectivity index (χ3n) is 4.39. The van der Waals surface area contributed by atoms with Gasteiger partial charge in [-0.25, -0.2) is 0 Å². The number of amides is 1. The summed E-state index contributed by atoms with van der Waals surface area (Å²) < 4.78 is 6.79. The molecule has 22 heavy (non-hydrogen) atoms. The predicted octanol–water partition coefficient (Wildman–Crippen LogP) is -0.783. The molecule has 0 radical (unpaired) electrons. The van der Waals surface area contributed by atoms with E-state index in [2.05, 4.69) is 20.9 Å². The summed E-state index contributed by atoms with van der Waals surface area (Å²) in [4.78, 5) is 12.2. The van der Waals surface area contributed by atoms with Crippen molar-refractivity contribution < 1.29 is 14.4 Å². The number of likely N-dealkylation sites (N-methyl/N-ethyl adjacent to an activating group) is 1. The smallest absolute Gasteiger partial charge is 0.254 e. The van der Waals surface area contributed by atoms with Crippen LogP contribution in [-0.2, 0) is 30.7 Å². The predicted molar refractivity (Wildman–Crippen MR) is 75.9 cm³/mol. The lowest BCUT2D eigenvalue weighted by atomic mass is 9.94. The molecule has 0 aliphatic carbocycles. The van der Waals surface area contributed by atoms with Crippen molar-refractivity contribution in [2.75, 3.05) is 13.6 Å². The van der Waals surface area contributed by atoms with Crippen molar-refractivity contribution >= 4 is 5.91 Å². The van der Waals surface area contributed by atoms with Gasteiger partial charge in [0.1, 0.15) is 12.0 Å². The second-order valence-electron chi connectivity index (χ2n) is 5.83. The van der Waals surface area contributed by atoms with Gasteiger partial charge in [0.25, 0.3) is 5.91 Å². The Balaban J connectivity index is 1.92. The van der Waals surface area contributed by atoms with Gasteiger partial charge in [0, 0.05) is 44.1 Å². The molecule has 1 atom stereocenters. The van der Waals surface area contributed by atoms with Crippen molar-refractivity contribution in [2.45, 2.75) is 31.5 Å². The molecule has 0 saturated heterocycles. The van der Waals surface area contributed by atoms with Crippen LogP contribution in [0.4, 0.5) is 0 Å². The topological polar surface area (TPSA) is 105 Å². The number of rotatable bonds is 1. The summed E-state index contributed by atoms with van der Waals surface area (Å²) in [6, 6.07) is 0. The lowest BCUT2D eigenvalue weighted by Crippen LogP contribution is -2.50. The highest BCUT2D eigenvalue weighted by Crippen LogP contribution is 2.35. The summed E-state index contributed by atoms with van der Waals surface area (Å²) in [7, 11) is 1.51. The molecule has 8 heteroatoms. The van der Waals surface area contributed by atoms with E-state index in [1.165, 1.54) is 13.3 Å². The van der Waals surface area contributed by atoms with Gasteiger partial charge in [-0.1, -0.05) is 5.16 Å². The molecule has 4 rings (SSSR count). The third kappa shape index (κ3) is 1.80. The Hall–Kier alpha value is -2.19. The van der Waals surface area contributed by atoms with Gasteiger partial charge in [0.05, 0.1) is 17.9 Å². The minimum absolute atomic E-state index is 0.103. The van der Waals surface area contributed by atoms with Crippen LogP contribution in [0, 0.1) is 0 Å². The first kappa shape index (κ1) is 13.5. The van der Waals surface area contributed by atoms with Crippen LogP contribution in [0.5, 0.6) is 0 Å². The fourth-order valence-corrected chi connectivity index (χ4v) is 3.32.